The van der Waals surface area contributed by atoms with Crippen LogP contribution in [0.1, 0.15) is 43.6 Å². The number of aryl methyl sites for hydroxylation is 2. The van der Waals surface area contributed by atoms with Gasteiger partial charge in [0.2, 0.25) is 5.91 Å². The Balaban J connectivity index is 2.28. The van der Waals surface area contributed by atoms with E-state index in [4.69, 9.17) is 4.74 Å². The summed E-state index contributed by atoms with van der Waals surface area (Å²) in [6, 6.07) is 0. The maximum absolute atomic E-state index is 11.9. The standard InChI is InChI=1S/C17H29N3O2S/c1-12(2)11-22-10-6-9-18-16(21)8-7-15-13(3)19-17(23-5)20-14(15)4/h12H,6-11H2,1-5H3,(H,18,21). The van der Waals surface area contributed by atoms with Crippen molar-refractivity contribution in [3.05, 3.63) is 17.0 Å². The van der Waals surface area contributed by atoms with Crippen molar-refractivity contribution in [3.8, 4) is 0 Å². The Hall–Kier alpha value is -1.14. The smallest absolute Gasteiger partial charge is 0.220 e. The first-order valence-corrected chi connectivity index (χ1v) is 9.39. The molecule has 23 heavy (non-hydrogen) atoms. The van der Waals surface area contributed by atoms with Gasteiger partial charge < -0.3 is 10.1 Å². The molecule has 1 rings (SSSR count). The molecule has 6 heteroatoms. The van der Waals surface area contributed by atoms with Crippen molar-refractivity contribution in [3.63, 3.8) is 0 Å². The van der Waals surface area contributed by atoms with Crippen LogP contribution < -0.4 is 5.32 Å². The molecule has 1 aromatic heterocycles. The lowest BCUT2D eigenvalue weighted by atomic mass is 10.1. The zero-order valence-corrected chi connectivity index (χ0v) is 15.8. The summed E-state index contributed by atoms with van der Waals surface area (Å²) in [5.74, 6) is 0.623. The van der Waals surface area contributed by atoms with Crippen LogP contribution in [0.2, 0.25) is 0 Å². The maximum Gasteiger partial charge on any atom is 0.220 e. The summed E-state index contributed by atoms with van der Waals surface area (Å²) in [6.07, 6.45) is 3.97. The van der Waals surface area contributed by atoms with Gasteiger partial charge in [-0.25, -0.2) is 9.97 Å². The fourth-order valence-corrected chi connectivity index (χ4v) is 2.67. The van der Waals surface area contributed by atoms with Gasteiger partial charge in [-0.15, -0.1) is 0 Å². The number of nitrogens with zero attached hydrogens (tertiary/aromatic N) is 2. The number of ether oxygens (including phenoxy) is 1. The summed E-state index contributed by atoms with van der Waals surface area (Å²) in [7, 11) is 0. The van der Waals surface area contributed by atoms with E-state index in [9.17, 15) is 4.79 Å². The third kappa shape index (κ3) is 7.79. The lowest BCUT2D eigenvalue weighted by molar-refractivity contribution is -0.121. The van der Waals surface area contributed by atoms with Crippen LogP contribution in [0, 0.1) is 19.8 Å². The predicted molar refractivity (Wildman–Crippen MR) is 94.9 cm³/mol. The highest BCUT2D eigenvalue weighted by molar-refractivity contribution is 7.98. The predicted octanol–water partition coefficient (Wildman–Crippen LogP) is 2.93. The number of hydrogen-bond donors (Lipinski definition) is 1. The molecule has 5 nitrogen and oxygen atoms in total. The van der Waals surface area contributed by atoms with Crippen LogP contribution >= 0.6 is 11.8 Å². The second-order valence-electron chi connectivity index (χ2n) is 6.03. The normalized spacial score (nSPS) is 11.0. The molecule has 0 unspecified atom stereocenters. The number of nitrogens with one attached hydrogen (secondary N) is 1. The first-order chi connectivity index (χ1) is 10.9. The molecule has 0 saturated heterocycles. The molecule has 130 valence electrons. The van der Waals surface area contributed by atoms with Crippen molar-refractivity contribution < 1.29 is 9.53 Å². The Morgan fingerprint density at radius 2 is 1.91 bits per heavy atom. The monoisotopic (exact) mass is 339 g/mol. The van der Waals surface area contributed by atoms with Gasteiger partial charge >= 0.3 is 0 Å². The first kappa shape index (κ1) is 19.9. The summed E-state index contributed by atoms with van der Waals surface area (Å²) in [5.41, 5.74) is 3.02. The minimum Gasteiger partial charge on any atom is -0.381 e. The second-order valence-corrected chi connectivity index (χ2v) is 6.81. The molecule has 0 spiro atoms. The molecule has 0 radical (unpaired) electrons. The molecule has 1 aromatic rings. The van der Waals surface area contributed by atoms with Gasteiger partial charge in [0.1, 0.15) is 0 Å². The molecule has 0 aliphatic heterocycles. The van der Waals surface area contributed by atoms with Crippen molar-refractivity contribution in [2.45, 2.75) is 52.1 Å². The first-order valence-electron chi connectivity index (χ1n) is 8.16. The van der Waals surface area contributed by atoms with E-state index < -0.39 is 0 Å². The minimum absolute atomic E-state index is 0.0709. The molecule has 0 fully saturated rings. The number of rotatable bonds is 10. The molecule has 0 bridgehead atoms. The topological polar surface area (TPSA) is 64.1 Å². The molecular weight excluding hydrogens is 310 g/mol. The van der Waals surface area contributed by atoms with Crippen molar-refractivity contribution in [2.24, 2.45) is 5.92 Å². The Kier molecular flexibility index (Phi) is 9.17. The van der Waals surface area contributed by atoms with Gasteiger partial charge in [0.15, 0.2) is 5.16 Å². The average Bonchev–Trinajstić information content (AvgIpc) is 2.49. The third-order valence-corrected chi connectivity index (χ3v) is 3.97. The van der Waals surface area contributed by atoms with Crippen LogP contribution in [0.4, 0.5) is 0 Å². The van der Waals surface area contributed by atoms with Gasteiger partial charge in [0.05, 0.1) is 0 Å². The zero-order valence-electron chi connectivity index (χ0n) is 14.9. The summed E-state index contributed by atoms with van der Waals surface area (Å²) >= 11 is 1.54. The highest BCUT2D eigenvalue weighted by Gasteiger charge is 2.10. The summed E-state index contributed by atoms with van der Waals surface area (Å²) in [4.78, 5) is 20.8. The lowest BCUT2D eigenvalue weighted by Gasteiger charge is -2.10. The SMILES string of the molecule is CSc1nc(C)c(CCC(=O)NCCCOCC(C)C)c(C)n1. The van der Waals surface area contributed by atoms with Gasteiger partial charge in [-0.05, 0) is 44.4 Å². The van der Waals surface area contributed by atoms with Gasteiger partial charge in [-0.1, -0.05) is 25.6 Å². The number of carbonyl (C=O) groups excluding carboxylic acids is 1. The molecule has 0 aliphatic carbocycles. The molecule has 0 saturated carbocycles. The highest BCUT2D eigenvalue weighted by atomic mass is 32.2. The summed E-state index contributed by atoms with van der Waals surface area (Å²) in [6.45, 7) is 10.3. The Bertz CT molecular complexity index is 484. The second kappa shape index (κ2) is 10.6. The molecule has 0 atom stereocenters. The van der Waals surface area contributed by atoms with Gasteiger partial charge in [0.25, 0.3) is 0 Å². The zero-order chi connectivity index (χ0) is 17.2. The molecule has 1 amide bonds. The summed E-state index contributed by atoms with van der Waals surface area (Å²) in [5, 5.41) is 3.73. The van der Waals surface area contributed by atoms with E-state index in [1.165, 1.54) is 11.8 Å². The number of hydrogen-bond acceptors (Lipinski definition) is 5. The van der Waals surface area contributed by atoms with Crippen molar-refractivity contribution in [2.75, 3.05) is 26.0 Å². The molecule has 1 heterocycles. The average molecular weight is 340 g/mol. The van der Waals surface area contributed by atoms with Gasteiger partial charge in [-0.2, -0.15) is 0 Å². The summed E-state index contributed by atoms with van der Waals surface area (Å²) < 4.78 is 5.49. The Labute approximate surface area is 144 Å². The fraction of sp³-hybridized carbons (Fsp3) is 0.706. The van der Waals surface area contributed by atoms with E-state index >= 15 is 0 Å². The molecule has 0 aromatic carbocycles. The van der Waals surface area contributed by atoms with Gasteiger partial charge in [0, 0.05) is 37.6 Å². The third-order valence-electron chi connectivity index (χ3n) is 3.42. The largest absolute Gasteiger partial charge is 0.381 e. The quantitative estimate of drug-likeness (QED) is 0.403. The fourth-order valence-electron chi connectivity index (χ4n) is 2.21. The number of carbonyl (C=O) groups is 1. The van der Waals surface area contributed by atoms with E-state index in [1.54, 1.807) is 0 Å². The molecule has 1 N–H and O–H groups in total. The van der Waals surface area contributed by atoms with Crippen LogP contribution in [0.3, 0.4) is 0 Å². The number of aromatic nitrogens is 2. The van der Waals surface area contributed by atoms with E-state index in [2.05, 4.69) is 29.1 Å². The highest BCUT2D eigenvalue weighted by Crippen LogP contribution is 2.16. The maximum atomic E-state index is 11.9. The van der Waals surface area contributed by atoms with E-state index in [1.807, 2.05) is 20.1 Å². The molecule has 0 aliphatic rings. The van der Waals surface area contributed by atoms with Crippen molar-refractivity contribution in [1.82, 2.24) is 15.3 Å². The van der Waals surface area contributed by atoms with Crippen molar-refractivity contribution >= 4 is 17.7 Å². The van der Waals surface area contributed by atoms with Crippen LogP contribution in [0.25, 0.3) is 0 Å². The molecular formula is C17H29N3O2S. The number of thioether (sulfide) groups is 1. The van der Waals surface area contributed by atoms with Gasteiger partial charge in [-0.3, -0.25) is 4.79 Å². The van der Waals surface area contributed by atoms with E-state index in [0.717, 1.165) is 35.1 Å². The van der Waals surface area contributed by atoms with Crippen LogP contribution in [0.15, 0.2) is 5.16 Å². The van der Waals surface area contributed by atoms with Crippen LogP contribution in [-0.2, 0) is 16.0 Å². The Morgan fingerprint density at radius 1 is 1.26 bits per heavy atom. The minimum atomic E-state index is 0.0709. The van der Waals surface area contributed by atoms with E-state index in [0.29, 0.717) is 31.9 Å². The van der Waals surface area contributed by atoms with Crippen LogP contribution in [-0.4, -0.2) is 41.9 Å². The lowest BCUT2D eigenvalue weighted by Crippen LogP contribution is -2.25. The van der Waals surface area contributed by atoms with E-state index in [-0.39, 0.29) is 5.91 Å². The Morgan fingerprint density at radius 3 is 2.48 bits per heavy atom. The van der Waals surface area contributed by atoms with Crippen LogP contribution in [0.5, 0.6) is 0 Å². The van der Waals surface area contributed by atoms with Crippen molar-refractivity contribution in [1.29, 1.82) is 0 Å². The number of amides is 1.